The van der Waals surface area contributed by atoms with Gasteiger partial charge in [0.1, 0.15) is 0 Å². The zero-order valence-electron chi connectivity index (χ0n) is 12.7. The summed E-state index contributed by atoms with van der Waals surface area (Å²) in [5, 5.41) is 0. The molecule has 0 spiro atoms. The van der Waals surface area contributed by atoms with Gasteiger partial charge in [-0.05, 0) is 62.7 Å². The lowest BCUT2D eigenvalue weighted by molar-refractivity contribution is 0.261. The third-order valence-electron chi connectivity index (χ3n) is 5.85. The van der Waals surface area contributed by atoms with E-state index < -0.39 is 10.2 Å². The molecule has 4 atom stereocenters. The molecule has 3 rings (SSSR count). The first kappa shape index (κ1) is 14.8. The van der Waals surface area contributed by atoms with Crippen LogP contribution in [0.2, 0.25) is 0 Å². The first-order valence-corrected chi connectivity index (χ1v) is 9.67. The number of rotatable bonds is 4. The molecule has 1 heterocycles. The lowest BCUT2D eigenvalue weighted by Crippen LogP contribution is -2.49. The zero-order chi connectivity index (χ0) is 14.3. The van der Waals surface area contributed by atoms with Crippen molar-refractivity contribution in [1.29, 1.82) is 0 Å². The number of nitrogens with one attached hydrogen (secondary N) is 1. The molecule has 0 aromatic rings. The van der Waals surface area contributed by atoms with Crippen molar-refractivity contribution in [2.75, 3.05) is 13.1 Å². The number of piperidine rings is 1. The van der Waals surface area contributed by atoms with Gasteiger partial charge in [0, 0.05) is 19.1 Å². The van der Waals surface area contributed by atoms with E-state index in [0.717, 1.165) is 24.7 Å². The van der Waals surface area contributed by atoms with E-state index in [2.05, 4.69) is 18.6 Å². The Labute approximate surface area is 123 Å². The lowest BCUT2D eigenvalue weighted by Gasteiger charge is -2.33. The number of fused-ring (bicyclic) bond motifs is 2. The molecule has 2 bridgehead atoms. The van der Waals surface area contributed by atoms with E-state index in [9.17, 15) is 8.42 Å². The largest absolute Gasteiger partial charge is 0.279 e. The molecule has 3 fully saturated rings. The molecule has 0 unspecified atom stereocenters. The van der Waals surface area contributed by atoms with Crippen molar-refractivity contribution in [2.45, 2.75) is 58.4 Å². The Morgan fingerprint density at radius 1 is 1.10 bits per heavy atom. The molecule has 0 aromatic carbocycles. The number of nitrogens with zero attached hydrogens (tertiary/aromatic N) is 1. The van der Waals surface area contributed by atoms with E-state index in [1.807, 2.05) is 0 Å². The number of hydrogen-bond acceptors (Lipinski definition) is 2. The highest BCUT2D eigenvalue weighted by Gasteiger charge is 2.43. The first-order chi connectivity index (χ1) is 9.45. The maximum Gasteiger partial charge on any atom is 0.279 e. The van der Waals surface area contributed by atoms with Crippen LogP contribution in [0.4, 0.5) is 0 Å². The van der Waals surface area contributed by atoms with Gasteiger partial charge in [0.25, 0.3) is 10.2 Å². The van der Waals surface area contributed by atoms with E-state index in [4.69, 9.17) is 0 Å². The SMILES string of the molecule is CC1CCN(S(=O)(=O)N[C@H](C)[C@@H]2C[C@H]3CC[C@H]2C3)CC1. The summed E-state index contributed by atoms with van der Waals surface area (Å²) in [6, 6.07) is 0.0923. The van der Waals surface area contributed by atoms with Crippen LogP contribution >= 0.6 is 0 Å². The third-order valence-corrected chi connectivity index (χ3v) is 7.57. The Balaban J connectivity index is 1.58. The second-order valence-corrected chi connectivity index (χ2v) is 9.03. The third kappa shape index (κ3) is 2.90. The summed E-state index contributed by atoms with van der Waals surface area (Å²) in [5.74, 6) is 2.85. The van der Waals surface area contributed by atoms with Gasteiger partial charge in [0.2, 0.25) is 0 Å². The molecule has 116 valence electrons. The quantitative estimate of drug-likeness (QED) is 0.866. The summed E-state index contributed by atoms with van der Waals surface area (Å²) < 4.78 is 29.6. The Bertz CT molecular complexity index is 443. The van der Waals surface area contributed by atoms with Gasteiger partial charge < -0.3 is 0 Å². The van der Waals surface area contributed by atoms with Gasteiger partial charge in [-0.25, -0.2) is 0 Å². The highest BCUT2D eigenvalue weighted by molar-refractivity contribution is 7.87. The van der Waals surface area contributed by atoms with Crippen molar-refractivity contribution in [3.8, 4) is 0 Å². The van der Waals surface area contributed by atoms with Crippen LogP contribution in [0, 0.1) is 23.7 Å². The minimum absolute atomic E-state index is 0.0923. The maximum atomic E-state index is 12.5. The summed E-state index contributed by atoms with van der Waals surface area (Å²) in [4.78, 5) is 0. The zero-order valence-corrected chi connectivity index (χ0v) is 13.5. The van der Waals surface area contributed by atoms with Crippen LogP contribution in [-0.2, 0) is 10.2 Å². The van der Waals surface area contributed by atoms with Crippen LogP contribution in [0.25, 0.3) is 0 Å². The first-order valence-electron chi connectivity index (χ1n) is 8.23. The average Bonchev–Trinajstić information content (AvgIpc) is 3.01. The molecule has 0 radical (unpaired) electrons. The van der Waals surface area contributed by atoms with E-state index in [1.165, 1.54) is 25.7 Å². The smallest absolute Gasteiger partial charge is 0.199 e. The number of hydrogen-bond donors (Lipinski definition) is 1. The van der Waals surface area contributed by atoms with Crippen molar-refractivity contribution in [3.05, 3.63) is 0 Å². The second-order valence-electron chi connectivity index (χ2n) is 7.33. The van der Waals surface area contributed by atoms with Crippen LogP contribution in [0.15, 0.2) is 0 Å². The fourth-order valence-electron chi connectivity index (χ4n) is 4.53. The summed E-state index contributed by atoms with van der Waals surface area (Å²) in [6.45, 7) is 5.63. The van der Waals surface area contributed by atoms with Crippen molar-refractivity contribution in [3.63, 3.8) is 0 Å². The molecule has 1 aliphatic heterocycles. The minimum atomic E-state index is -3.28. The van der Waals surface area contributed by atoms with Gasteiger partial charge in [-0.3, -0.25) is 0 Å². The molecule has 0 amide bonds. The van der Waals surface area contributed by atoms with Crippen molar-refractivity contribution in [1.82, 2.24) is 9.03 Å². The van der Waals surface area contributed by atoms with Crippen LogP contribution in [0.1, 0.15) is 52.4 Å². The molecule has 20 heavy (non-hydrogen) atoms. The van der Waals surface area contributed by atoms with Gasteiger partial charge in [0.05, 0.1) is 0 Å². The molecule has 2 saturated carbocycles. The minimum Gasteiger partial charge on any atom is -0.199 e. The van der Waals surface area contributed by atoms with E-state index in [1.54, 1.807) is 4.31 Å². The molecule has 4 nitrogen and oxygen atoms in total. The van der Waals surface area contributed by atoms with Crippen molar-refractivity contribution >= 4 is 10.2 Å². The molecule has 2 aliphatic carbocycles. The van der Waals surface area contributed by atoms with Crippen LogP contribution in [0.3, 0.4) is 0 Å². The Kier molecular flexibility index (Phi) is 4.13. The van der Waals surface area contributed by atoms with Gasteiger partial charge in [0.15, 0.2) is 0 Å². The predicted molar refractivity (Wildman–Crippen MR) is 80.4 cm³/mol. The van der Waals surface area contributed by atoms with Crippen LogP contribution in [-0.4, -0.2) is 31.9 Å². The fourth-order valence-corrected chi connectivity index (χ4v) is 6.01. The van der Waals surface area contributed by atoms with Crippen molar-refractivity contribution < 1.29 is 8.42 Å². The second kappa shape index (κ2) is 5.58. The molecule has 1 N–H and O–H groups in total. The molecular formula is C15H28N2O2S. The molecule has 3 aliphatic rings. The molecular weight excluding hydrogens is 272 g/mol. The van der Waals surface area contributed by atoms with Crippen molar-refractivity contribution in [2.24, 2.45) is 23.7 Å². The Hall–Kier alpha value is -0.130. The lowest BCUT2D eigenvalue weighted by atomic mass is 9.84. The molecule has 0 aromatic heterocycles. The fraction of sp³-hybridized carbons (Fsp3) is 1.00. The molecule has 1 saturated heterocycles. The van der Waals surface area contributed by atoms with Crippen LogP contribution in [0.5, 0.6) is 0 Å². The maximum absolute atomic E-state index is 12.5. The van der Waals surface area contributed by atoms with Gasteiger partial charge in [-0.1, -0.05) is 13.3 Å². The van der Waals surface area contributed by atoms with Crippen LogP contribution < -0.4 is 4.72 Å². The Morgan fingerprint density at radius 3 is 2.35 bits per heavy atom. The highest BCUT2D eigenvalue weighted by atomic mass is 32.2. The van der Waals surface area contributed by atoms with Gasteiger partial charge in [-0.15, -0.1) is 0 Å². The summed E-state index contributed by atoms with van der Waals surface area (Å²) >= 11 is 0. The Morgan fingerprint density at radius 2 is 1.80 bits per heavy atom. The average molecular weight is 300 g/mol. The van der Waals surface area contributed by atoms with Gasteiger partial charge >= 0.3 is 0 Å². The van der Waals surface area contributed by atoms with E-state index >= 15 is 0 Å². The normalized spacial score (nSPS) is 37.4. The monoisotopic (exact) mass is 300 g/mol. The highest BCUT2D eigenvalue weighted by Crippen LogP contribution is 2.49. The topological polar surface area (TPSA) is 49.4 Å². The van der Waals surface area contributed by atoms with Gasteiger partial charge in [-0.2, -0.15) is 17.4 Å². The summed E-state index contributed by atoms with van der Waals surface area (Å²) in [7, 11) is -3.28. The van der Waals surface area contributed by atoms with E-state index in [0.29, 0.717) is 24.9 Å². The summed E-state index contributed by atoms with van der Waals surface area (Å²) in [5.41, 5.74) is 0. The van der Waals surface area contributed by atoms with E-state index in [-0.39, 0.29) is 6.04 Å². The summed E-state index contributed by atoms with van der Waals surface area (Å²) in [6.07, 6.45) is 7.21. The molecule has 5 heteroatoms. The standard InChI is InChI=1S/C15H28N2O2S/c1-11-5-7-17(8-6-11)20(18,19)16-12(2)15-10-13-3-4-14(15)9-13/h11-16H,3-10H2,1-2H3/t12-,13+,14+,15+/m1/s1. The predicted octanol–water partition coefficient (Wildman–Crippen LogP) is 2.38.